The van der Waals surface area contributed by atoms with Gasteiger partial charge in [-0.15, -0.1) is 0 Å². The molecule has 4 rings (SSSR count). The van der Waals surface area contributed by atoms with E-state index in [0.29, 0.717) is 17.7 Å². The van der Waals surface area contributed by atoms with Crippen LogP contribution < -0.4 is 66.1 Å². The quantitative estimate of drug-likeness (QED) is 0.0260. The normalized spacial score (nSPS) is 26.9. The number of primary amides is 1. The summed E-state index contributed by atoms with van der Waals surface area (Å²) in [4.78, 5) is 112. The van der Waals surface area contributed by atoms with E-state index in [1.165, 1.54) is 51.5 Å². The van der Waals surface area contributed by atoms with E-state index in [1.54, 1.807) is 0 Å². The summed E-state index contributed by atoms with van der Waals surface area (Å²) in [7, 11) is -3.19. The molecule has 1 aromatic rings. The van der Waals surface area contributed by atoms with Crippen molar-refractivity contribution in [2.45, 2.75) is 202 Å². The molecule has 1 aromatic carbocycles. The van der Waals surface area contributed by atoms with Gasteiger partial charge < -0.3 is 101 Å². The Bertz CT molecular complexity index is 2300. The maximum atomic E-state index is 14.5. The number of hydrogen-bond donors (Lipinski definition) is 14. The number of rotatable bonds is 24. The Labute approximate surface area is 488 Å². The fraction of sp³-hybridized carbons (Fsp3) is 0.720. The molecule has 448 valence electrons. The molecule has 80 heavy (non-hydrogen) atoms. The molecule has 0 aromatic heterocycles. The molecule has 3 heterocycles. The van der Waals surface area contributed by atoms with Gasteiger partial charge >= 0.3 is 29.6 Å². The molecule has 3 saturated heterocycles. The fourth-order valence-corrected chi connectivity index (χ4v) is 10.1. The van der Waals surface area contributed by atoms with Gasteiger partial charge in [-0.1, -0.05) is 97.0 Å². The van der Waals surface area contributed by atoms with Crippen molar-refractivity contribution in [1.29, 1.82) is 0 Å². The molecule has 28 nitrogen and oxygen atoms in total. The first-order valence-corrected chi connectivity index (χ1v) is 27.7. The molecule has 3 aliphatic rings. The smallest absolute Gasteiger partial charge is 0.530 e. The third-order valence-electron chi connectivity index (χ3n) is 14.2. The van der Waals surface area contributed by atoms with E-state index in [0.717, 1.165) is 49.1 Å². The van der Waals surface area contributed by atoms with Crippen molar-refractivity contribution in [3.8, 4) is 11.5 Å². The van der Waals surface area contributed by atoms with Gasteiger partial charge in [0.05, 0.1) is 37.4 Å². The minimum Gasteiger partial charge on any atom is -0.530 e. The van der Waals surface area contributed by atoms with E-state index in [1.807, 2.05) is 0 Å². The van der Waals surface area contributed by atoms with Crippen LogP contribution in [0.2, 0.25) is 0 Å². The molecule has 3 fully saturated rings. The van der Waals surface area contributed by atoms with Gasteiger partial charge in [0, 0.05) is 44.7 Å². The fourth-order valence-electron chi connectivity index (χ4n) is 9.85. The van der Waals surface area contributed by atoms with Gasteiger partial charge in [0.15, 0.2) is 12.0 Å². The maximum absolute atomic E-state index is 14.5. The number of aromatic hydroxyl groups is 1. The second-order valence-corrected chi connectivity index (χ2v) is 21.1. The van der Waals surface area contributed by atoms with Crippen LogP contribution in [0.3, 0.4) is 0 Å². The second-order valence-electron chi connectivity index (χ2n) is 20.5. The van der Waals surface area contributed by atoms with Gasteiger partial charge in [-0.05, 0) is 24.1 Å². The Balaban J connectivity index is 0.0000109. The summed E-state index contributed by atoms with van der Waals surface area (Å²) < 4.78 is 27.2. The van der Waals surface area contributed by atoms with Gasteiger partial charge in [-0.25, -0.2) is 0 Å². The monoisotopic (exact) mass is 1170 g/mol. The van der Waals surface area contributed by atoms with Crippen LogP contribution >= 0.6 is 0 Å². The van der Waals surface area contributed by atoms with Crippen molar-refractivity contribution in [1.82, 2.24) is 36.4 Å². The topological polar surface area (TPSA) is 466 Å². The number of phenolic OH excluding ortho intramolecular Hbond substituents is 1. The number of phenols is 1. The minimum absolute atomic E-state index is 0. The van der Waals surface area contributed by atoms with Gasteiger partial charge in [-0.2, -0.15) is 0 Å². The van der Waals surface area contributed by atoms with E-state index in [9.17, 15) is 87.6 Å². The van der Waals surface area contributed by atoms with Crippen molar-refractivity contribution < 1.29 is 127 Å². The Hall–Kier alpha value is -4.79. The van der Waals surface area contributed by atoms with Crippen LogP contribution in [-0.4, -0.2) is 196 Å². The Morgan fingerprint density at radius 2 is 1.35 bits per heavy atom. The average Bonchev–Trinajstić information content (AvgIpc) is 3.92. The van der Waals surface area contributed by atoms with Crippen LogP contribution in [0.15, 0.2) is 18.2 Å². The summed E-state index contributed by atoms with van der Waals surface area (Å²) >= 11 is 0. The maximum Gasteiger partial charge on any atom is 1.00 e. The van der Waals surface area contributed by atoms with Gasteiger partial charge in [-0.3, -0.25) is 38.4 Å². The van der Waals surface area contributed by atoms with Gasteiger partial charge in [0.2, 0.25) is 47.3 Å². The van der Waals surface area contributed by atoms with Crippen LogP contribution in [0, 0.1) is 5.92 Å². The molecule has 0 saturated carbocycles. The molecule has 13 unspecified atom stereocenters. The summed E-state index contributed by atoms with van der Waals surface area (Å²) in [5.41, 5.74) is 5.32. The van der Waals surface area contributed by atoms with Gasteiger partial charge in [0.25, 0.3) is 0 Å². The molecule has 0 spiro atoms. The zero-order valence-corrected chi connectivity index (χ0v) is 48.4. The molecule has 8 amide bonds. The summed E-state index contributed by atoms with van der Waals surface area (Å²) in [6.07, 6.45) is -1.52. The Kier molecular flexibility index (Phi) is 31.4. The number of fused-ring (bicyclic) bond motifs is 2. The van der Waals surface area contributed by atoms with Crippen molar-refractivity contribution >= 4 is 58.2 Å². The van der Waals surface area contributed by atoms with E-state index >= 15 is 0 Å². The molecule has 30 heteroatoms. The largest absolute Gasteiger partial charge is 1.00 e. The van der Waals surface area contributed by atoms with Crippen LogP contribution in [0.5, 0.6) is 11.5 Å². The van der Waals surface area contributed by atoms with Crippen LogP contribution in [-0.2, 0) is 64.2 Å². The number of aliphatic hydroxyl groups excluding tert-OH is 7. The molecule has 0 bridgehead atoms. The number of carbonyl (C=O) groups excluding carboxylic acids is 8. The van der Waals surface area contributed by atoms with Crippen LogP contribution in [0.25, 0.3) is 0 Å². The zero-order valence-electron chi connectivity index (χ0n) is 45.5. The van der Waals surface area contributed by atoms with Crippen molar-refractivity contribution in [3.63, 3.8) is 0 Å². The summed E-state index contributed by atoms with van der Waals surface area (Å²) in [5.74, 6) is -11.8. The van der Waals surface area contributed by atoms with E-state index in [4.69, 9.17) is 5.73 Å². The van der Waals surface area contributed by atoms with Crippen molar-refractivity contribution in [2.75, 3.05) is 19.7 Å². The van der Waals surface area contributed by atoms with Crippen molar-refractivity contribution in [3.05, 3.63) is 23.8 Å². The number of hydrogen-bond acceptors (Lipinski definition) is 20. The number of nitrogens with one attached hydrogen (secondary N) is 5. The Morgan fingerprint density at radius 3 is 1.93 bits per heavy atom. The van der Waals surface area contributed by atoms with Crippen molar-refractivity contribution in [2.24, 2.45) is 11.7 Å². The standard InChI is InChI=1S/C50H79N8O19S.Na.H2O/c1-3-4-5-6-7-8-9-10-11-12-13-14-15-16-39(66)52-30-22-36(64)46(70)56-48(72)42-43(67)27(2)24-58(42)50(74)41(35(63)23-38(51)65)55-47(71)40(34(62)19-28-17-18-33(61)37(20-28)77-78(75)76)54-45(69)32-21-29(60)25-57(32)49(73)31(26-59)53-44(30)68;;/h17-18,20,27,29-32,34-36,40-43,46,59-64,67,70H,3-16,19,21-26H2,1-2H3,(H2,51,65)(H,52,66)(H,53,68)(H,54,69)(H,55,71)(H,56,72);;1H2/q-1;+1;. The number of aliphatic hydroxyl groups is 7. The van der Waals surface area contributed by atoms with Crippen LogP contribution in [0.4, 0.5) is 0 Å². The molecule has 13 atom stereocenters. The van der Waals surface area contributed by atoms with Gasteiger partial charge in [0.1, 0.15) is 59.1 Å². The number of amides is 8. The average molecular weight is 1170 g/mol. The minimum atomic E-state index is -3.19. The molecule has 0 aliphatic carbocycles. The summed E-state index contributed by atoms with van der Waals surface area (Å²) in [5, 5.41) is 99.4. The third kappa shape index (κ3) is 21.5. The van der Waals surface area contributed by atoms with E-state index in [-0.39, 0.29) is 47.0 Å². The van der Waals surface area contributed by atoms with Crippen LogP contribution in [0.1, 0.15) is 129 Å². The number of unbranched alkanes of at least 4 members (excludes halogenated alkanes) is 12. The first kappa shape index (κ1) is 71.3. The SMILES string of the molecule is CCCCCCCCCCCCCCCC(=O)NC1CC(O)C(O)NC(=O)C2C(O)C(C)CN2C(=O)C(C(O)CC(N)=O)NC(=O)C(C(O)Cc2ccc(O)c(O[S-](=O)=O)c2)NC(=O)C2CC(O)CN2C(=O)C(CO)NC1=O.O.[Na+]. The Morgan fingerprint density at radius 1 is 0.762 bits per heavy atom. The third-order valence-corrected chi connectivity index (χ3v) is 14.5. The zero-order chi connectivity index (χ0) is 57.8. The first-order valence-electron chi connectivity index (χ1n) is 26.7. The number of nitrogens with two attached hydrogens (primary N) is 1. The summed E-state index contributed by atoms with van der Waals surface area (Å²) in [6.45, 7) is 1.38. The molecule has 17 N–H and O–H groups in total. The number of benzene rings is 1. The summed E-state index contributed by atoms with van der Waals surface area (Å²) in [6, 6.07) is -8.77. The molecule has 0 radical (unpaired) electrons. The predicted octanol–water partition coefficient (Wildman–Crippen LogP) is -6.90. The number of carbonyl (C=O) groups is 8. The molecular weight excluding hydrogens is 1090 g/mol. The van der Waals surface area contributed by atoms with E-state index < -0.39 is 194 Å². The number of nitrogens with zero attached hydrogens (tertiary/aromatic N) is 2. The predicted molar refractivity (Wildman–Crippen MR) is 277 cm³/mol. The molecular formula is C50H81N8NaO20S. The second kappa shape index (κ2) is 35.3. The first-order chi connectivity index (χ1) is 37.0. The van der Waals surface area contributed by atoms with E-state index in [2.05, 4.69) is 37.7 Å². The molecule has 3 aliphatic heterocycles.